The molecule has 172 valence electrons. The van der Waals surface area contributed by atoms with Crippen LogP contribution >= 0.6 is 8.45 Å². The van der Waals surface area contributed by atoms with E-state index in [1.54, 1.807) is 0 Å². The van der Waals surface area contributed by atoms with E-state index in [9.17, 15) is 0 Å². The summed E-state index contributed by atoms with van der Waals surface area (Å²) in [6.45, 7) is 1.05. The first-order valence-electron chi connectivity index (χ1n) is 12.4. The summed E-state index contributed by atoms with van der Waals surface area (Å²) >= 11 is 0. The van der Waals surface area contributed by atoms with Gasteiger partial charge in [0.05, 0.1) is 17.4 Å². The maximum Gasteiger partial charge on any atom is 0.224 e. The Labute approximate surface area is 208 Å². The Morgan fingerprint density at radius 1 is 0.657 bits per heavy atom. The zero-order valence-corrected chi connectivity index (χ0v) is 20.4. The number of benzene rings is 4. The Hall–Kier alpha value is -3.23. The lowest BCUT2D eigenvalue weighted by Crippen LogP contribution is -2.40. The third-order valence-electron chi connectivity index (χ3n) is 7.49. The molecule has 2 fully saturated rings. The zero-order valence-electron chi connectivity index (χ0n) is 19.5. The molecule has 0 spiro atoms. The van der Waals surface area contributed by atoms with Gasteiger partial charge in [-0.1, -0.05) is 109 Å². The minimum absolute atomic E-state index is 0.286. The fourth-order valence-corrected chi connectivity index (χ4v) is 8.50. The highest BCUT2D eigenvalue weighted by Gasteiger charge is 2.59. The summed E-state index contributed by atoms with van der Waals surface area (Å²) < 4.78 is 12.6. The Bertz CT molecular complexity index is 1300. The molecule has 0 saturated carbocycles. The second-order valence-corrected chi connectivity index (χ2v) is 11.0. The lowest BCUT2D eigenvalue weighted by atomic mass is 9.79. The molecule has 2 saturated heterocycles. The number of para-hydroxylation sites is 2. The molecule has 35 heavy (non-hydrogen) atoms. The van der Waals surface area contributed by atoms with E-state index in [-0.39, 0.29) is 6.04 Å². The second-order valence-electron chi connectivity index (χ2n) is 9.40. The zero-order chi connectivity index (χ0) is 23.2. The lowest BCUT2D eigenvalue weighted by Gasteiger charge is -2.36. The van der Waals surface area contributed by atoms with Gasteiger partial charge in [0.1, 0.15) is 5.60 Å². The van der Waals surface area contributed by atoms with Crippen LogP contribution in [-0.4, -0.2) is 17.3 Å². The Morgan fingerprint density at radius 3 is 1.74 bits per heavy atom. The molecule has 4 aromatic rings. The van der Waals surface area contributed by atoms with Gasteiger partial charge >= 0.3 is 0 Å². The average Bonchev–Trinajstić information content (AvgIpc) is 3.49. The van der Waals surface area contributed by atoms with E-state index in [1.165, 1.54) is 40.0 Å². The van der Waals surface area contributed by atoms with E-state index in [1.807, 2.05) is 0 Å². The number of fused-ring (bicyclic) bond motifs is 3. The standard InChI is InChI=1S/C31H27N2OP/c1-3-14-26(15-4-1)31(27-16-5-2-6-17-27)30-20-11-23-32(30)35(34-31)33-28-18-9-7-12-24(28)21-22-25-13-8-10-19-29(25)33/h1-10,12-19,21-22,30H,11,20,23H2. The van der Waals surface area contributed by atoms with Crippen molar-refractivity contribution in [2.45, 2.75) is 24.5 Å². The quantitative estimate of drug-likeness (QED) is 0.280. The predicted octanol–water partition coefficient (Wildman–Crippen LogP) is 7.97. The molecule has 0 aliphatic carbocycles. The molecule has 3 nitrogen and oxygen atoms in total. The van der Waals surface area contributed by atoms with Crippen molar-refractivity contribution in [3.63, 3.8) is 0 Å². The van der Waals surface area contributed by atoms with E-state index in [0.717, 1.165) is 13.0 Å². The van der Waals surface area contributed by atoms with Gasteiger partial charge in [-0.05, 0) is 47.2 Å². The van der Waals surface area contributed by atoms with Crippen LogP contribution in [0, 0.1) is 0 Å². The van der Waals surface area contributed by atoms with E-state index < -0.39 is 14.1 Å². The van der Waals surface area contributed by atoms with Crippen LogP contribution in [0.15, 0.2) is 109 Å². The fourth-order valence-electron chi connectivity index (χ4n) is 5.93. The molecule has 3 aliphatic heterocycles. The summed E-state index contributed by atoms with van der Waals surface area (Å²) in [5, 5.41) is 0. The van der Waals surface area contributed by atoms with E-state index in [2.05, 4.69) is 131 Å². The summed E-state index contributed by atoms with van der Waals surface area (Å²) in [5.74, 6) is 0. The molecule has 2 atom stereocenters. The Kier molecular flexibility index (Phi) is 5.10. The van der Waals surface area contributed by atoms with Crippen LogP contribution in [0.25, 0.3) is 12.2 Å². The number of anilines is 2. The average molecular weight is 475 g/mol. The summed E-state index contributed by atoms with van der Waals surface area (Å²) in [7, 11) is -1.10. The van der Waals surface area contributed by atoms with E-state index in [4.69, 9.17) is 4.52 Å². The molecule has 0 N–H and O–H groups in total. The van der Waals surface area contributed by atoms with Crippen molar-refractivity contribution in [2.24, 2.45) is 0 Å². The van der Waals surface area contributed by atoms with Gasteiger partial charge in [0, 0.05) is 6.54 Å². The lowest BCUT2D eigenvalue weighted by molar-refractivity contribution is 0.113. The van der Waals surface area contributed by atoms with Crippen molar-refractivity contribution in [1.29, 1.82) is 0 Å². The number of rotatable bonds is 3. The third kappa shape index (κ3) is 3.23. The third-order valence-corrected chi connectivity index (χ3v) is 9.63. The van der Waals surface area contributed by atoms with Crippen LogP contribution < -0.4 is 4.67 Å². The Morgan fingerprint density at radius 2 is 1.17 bits per heavy atom. The highest BCUT2D eigenvalue weighted by molar-refractivity contribution is 7.52. The molecule has 0 amide bonds. The summed E-state index contributed by atoms with van der Waals surface area (Å²) in [6, 6.07) is 39.4. The van der Waals surface area contributed by atoms with Gasteiger partial charge in [0.2, 0.25) is 8.45 Å². The SMILES string of the molecule is C1=Cc2ccccc2N(P2OC(c3ccccc3)(c3ccccc3)C3CCCN32)c2ccccc21. The van der Waals surface area contributed by atoms with Gasteiger partial charge < -0.3 is 4.52 Å². The molecule has 4 heteroatoms. The van der Waals surface area contributed by atoms with Crippen molar-refractivity contribution < 1.29 is 4.52 Å². The van der Waals surface area contributed by atoms with Crippen molar-refractivity contribution in [1.82, 2.24) is 4.67 Å². The second kappa shape index (κ2) is 8.46. The molecular weight excluding hydrogens is 447 g/mol. The summed E-state index contributed by atoms with van der Waals surface area (Å²) in [6.07, 6.45) is 6.78. The predicted molar refractivity (Wildman–Crippen MR) is 145 cm³/mol. The van der Waals surface area contributed by atoms with Crippen LogP contribution in [-0.2, 0) is 10.1 Å². The van der Waals surface area contributed by atoms with Crippen LogP contribution in [0.1, 0.15) is 35.1 Å². The molecule has 2 unspecified atom stereocenters. The van der Waals surface area contributed by atoms with Gasteiger partial charge in [0.15, 0.2) is 0 Å². The van der Waals surface area contributed by atoms with Gasteiger partial charge in [0.25, 0.3) is 0 Å². The van der Waals surface area contributed by atoms with Crippen LogP contribution in [0.3, 0.4) is 0 Å². The largest absolute Gasteiger partial charge is 0.309 e. The first-order valence-corrected chi connectivity index (χ1v) is 13.6. The smallest absolute Gasteiger partial charge is 0.224 e. The highest BCUT2D eigenvalue weighted by atomic mass is 31.2. The van der Waals surface area contributed by atoms with Crippen molar-refractivity contribution in [2.75, 3.05) is 11.2 Å². The Balaban J connectivity index is 1.45. The molecular formula is C31H27N2OP. The molecule has 3 aliphatic rings. The molecule has 3 heterocycles. The topological polar surface area (TPSA) is 15.7 Å². The molecule has 0 bridgehead atoms. The number of hydrogen-bond donors (Lipinski definition) is 0. The van der Waals surface area contributed by atoms with Crippen molar-refractivity contribution in [3.05, 3.63) is 131 Å². The van der Waals surface area contributed by atoms with Gasteiger partial charge in [-0.2, -0.15) is 0 Å². The number of hydrogen-bond acceptors (Lipinski definition) is 3. The molecule has 7 rings (SSSR count). The highest BCUT2D eigenvalue weighted by Crippen LogP contribution is 2.69. The van der Waals surface area contributed by atoms with Crippen molar-refractivity contribution in [3.8, 4) is 0 Å². The maximum absolute atomic E-state index is 7.49. The summed E-state index contributed by atoms with van der Waals surface area (Å²) in [4.78, 5) is 0. The fraction of sp³-hybridized carbons (Fsp3) is 0.161. The minimum Gasteiger partial charge on any atom is -0.309 e. The molecule has 4 aromatic carbocycles. The first kappa shape index (κ1) is 21.1. The monoisotopic (exact) mass is 474 g/mol. The van der Waals surface area contributed by atoms with E-state index in [0.29, 0.717) is 0 Å². The van der Waals surface area contributed by atoms with Gasteiger partial charge in [-0.15, -0.1) is 0 Å². The molecule has 0 radical (unpaired) electrons. The first-order chi connectivity index (χ1) is 17.4. The van der Waals surface area contributed by atoms with Gasteiger partial charge in [-0.3, -0.25) is 4.67 Å². The summed E-state index contributed by atoms with van der Waals surface area (Å²) in [5.41, 5.74) is 6.84. The minimum atomic E-state index is -1.10. The van der Waals surface area contributed by atoms with Crippen LogP contribution in [0.5, 0.6) is 0 Å². The maximum atomic E-state index is 7.49. The van der Waals surface area contributed by atoms with E-state index >= 15 is 0 Å². The number of nitrogens with zero attached hydrogens (tertiary/aromatic N) is 2. The normalized spacial score (nSPS) is 22.3. The van der Waals surface area contributed by atoms with Crippen LogP contribution in [0.4, 0.5) is 11.4 Å². The van der Waals surface area contributed by atoms with Crippen LogP contribution in [0.2, 0.25) is 0 Å². The van der Waals surface area contributed by atoms with Crippen molar-refractivity contribution >= 4 is 32.0 Å². The van der Waals surface area contributed by atoms with Gasteiger partial charge in [-0.25, -0.2) is 4.67 Å². The molecule has 0 aromatic heterocycles.